The third-order valence-electron chi connectivity index (χ3n) is 3.01. The van der Waals surface area contributed by atoms with Crippen LogP contribution in [-0.4, -0.2) is 26.0 Å². The standard InChI is InChI=1S/C13H19N3/c1-14-13(11-7-9-15-10-8-11)16-12-5-3-2-4-6-12/h2-6,11,15H,7-10H2,1H3,(H,14,16). The Kier molecular flexibility index (Phi) is 3.94. The Hall–Kier alpha value is -1.35. The third kappa shape index (κ3) is 2.83. The van der Waals surface area contributed by atoms with Crippen molar-refractivity contribution >= 4 is 11.5 Å². The zero-order chi connectivity index (χ0) is 11.2. The van der Waals surface area contributed by atoms with Crippen molar-refractivity contribution in [2.75, 3.05) is 25.5 Å². The van der Waals surface area contributed by atoms with Crippen LogP contribution in [0.15, 0.2) is 35.3 Å². The Morgan fingerprint density at radius 3 is 2.56 bits per heavy atom. The SMILES string of the molecule is CN=C(Nc1ccccc1)C1CCNCC1. The van der Waals surface area contributed by atoms with Gasteiger partial charge >= 0.3 is 0 Å². The molecule has 3 nitrogen and oxygen atoms in total. The van der Waals surface area contributed by atoms with Crippen molar-refractivity contribution in [1.29, 1.82) is 0 Å². The highest BCUT2D eigenvalue weighted by molar-refractivity contribution is 5.97. The zero-order valence-electron chi connectivity index (χ0n) is 9.74. The zero-order valence-corrected chi connectivity index (χ0v) is 9.74. The summed E-state index contributed by atoms with van der Waals surface area (Å²) in [5.74, 6) is 1.69. The van der Waals surface area contributed by atoms with E-state index in [-0.39, 0.29) is 0 Å². The average Bonchev–Trinajstić information content (AvgIpc) is 2.38. The van der Waals surface area contributed by atoms with Crippen LogP contribution in [0.25, 0.3) is 0 Å². The van der Waals surface area contributed by atoms with Crippen LogP contribution >= 0.6 is 0 Å². The van der Waals surface area contributed by atoms with E-state index in [1.807, 2.05) is 25.2 Å². The number of benzene rings is 1. The third-order valence-corrected chi connectivity index (χ3v) is 3.01. The fourth-order valence-corrected chi connectivity index (χ4v) is 2.11. The monoisotopic (exact) mass is 217 g/mol. The topological polar surface area (TPSA) is 36.4 Å². The Morgan fingerprint density at radius 1 is 1.25 bits per heavy atom. The maximum absolute atomic E-state index is 4.38. The summed E-state index contributed by atoms with van der Waals surface area (Å²) in [5, 5.41) is 6.80. The molecular formula is C13H19N3. The molecule has 2 rings (SSSR count). The van der Waals surface area contributed by atoms with Gasteiger partial charge in [-0.15, -0.1) is 0 Å². The molecule has 0 unspecified atom stereocenters. The van der Waals surface area contributed by atoms with E-state index in [0.29, 0.717) is 5.92 Å². The summed E-state index contributed by atoms with van der Waals surface area (Å²) in [6.07, 6.45) is 2.35. The quantitative estimate of drug-likeness (QED) is 0.588. The maximum Gasteiger partial charge on any atom is 0.104 e. The highest BCUT2D eigenvalue weighted by Gasteiger charge is 2.18. The van der Waals surface area contributed by atoms with Crippen LogP contribution < -0.4 is 10.6 Å². The molecule has 2 N–H and O–H groups in total. The number of piperidine rings is 1. The molecule has 1 aliphatic rings. The number of hydrogen-bond acceptors (Lipinski definition) is 2. The lowest BCUT2D eigenvalue weighted by atomic mass is 9.96. The van der Waals surface area contributed by atoms with Gasteiger partial charge in [0.25, 0.3) is 0 Å². The minimum atomic E-state index is 0.575. The molecule has 0 bridgehead atoms. The van der Waals surface area contributed by atoms with Gasteiger partial charge in [0.2, 0.25) is 0 Å². The van der Waals surface area contributed by atoms with Crippen LogP contribution in [0.4, 0.5) is 5.69 Å². The van der Waals surface area contributed by atoms with Crippen molar-refractivity contribution < 1.29 is 0 Å². The van der Waals surface area contributed by atoms with E-state index in [2.05, 4.69) is 27.8 Å². The minimum absolute atomic E-state index is 0.575. The van der Waals surface area contributed by atoms with E-state index in [0.717, 1.165) is 24.6 Å². The van der Waals surface area contributed by atoms with Gasteiger partial charge in [0.1, 0.15) is 5.84 Å². The minimum Gasteiger partial charge on any atom is -0.344 e. The first-order valence-electron chi connectivity index (χ1n) is 5.89. The second kappa shape index (κ2) is 5.66. The lowest BCUT2D eigenvalue weighted by Gasteiger charge is -2.24. The molecule has 0 aliphatic carbocycles. The van der Waals surface area contributed by atoms with Crippen LogP contribution in [-0.2, 0) is 0 Å². The van der Waals surface area contributed by atoms with Gasteiger partial charge in [-0.25, -0.2) is 0 Å². The molecule has 1 aliphatic heterocycles. The number of para-hydroxylation sites is 1. The van der Waals surface area contributed by atoms with Gasteiger partial charge in [-0.3, -0.25) is 4.99 Å². The molecule has 0 saturated carbocycles. The lowest BCUT2D eigenvalue weighted by Crippen LogP contribution is -2.34. The second-order valence-corrected chi connectivity index (χ2v) is 4.12. The van der Waals surface area contributed by atoms with E-state index in [1.54, 1.807) is 0 Å². The number of nitrogens with one attached hydrogen (secondary N) is 2. The van der Waals surface area contributed by atoms with Crippen molar-refractivity contribution in [2.24, 2.45) is 10.9 Å². The molecule has 0 spiro atoms. The van der Waals surface area contributed by atoms with Gasteiger partial charge in [-0.2, -0.15) is 0 Å². The summed E-state index contributed by atoms with van der Waals surface area (Å²) in [5.41, 5.74) is 1.13. The first-order valence-corrected chi connectivity index (χ1v) is 5.89. The van der Waals surface area contributed by atoms with Crippen molar-refractivity contribution in [1.82, 2.24) is 5.32 Å². The first kappa shape index (κ1) is 11.1. The number of rotatable bonds is 2. The van der Waals surface area contributed by atoms with Crippen LogP contribution in [0, 0.1) is 5.92 Å². The summed E-state index contributed by atoms with van der Waals surface area (Å²) in [7, 11) is 1.87. The molecule has 0 aromatic heterocycles. The Labute approximate surface area is 97.0 Å². The molecule has 3 heteroatoms. The smallest absolute Gasteiger partial charge is 0.104 e. The van der Waals surface area contributed by atoms with E-state index >= 15 is 0 Å². The first-order chi connectivity index (χ1) is 7.90. The Balaban J connectivity index is 2.00. The molecule has 0 amide bonds. The highest BCUT2D eigenvalue weighted by atomic mass is 15.0. The molecule has 0 radical (unpaired) electrons. The summed E-state index contributed by atoms with van der Waals surface area (Å²) in [6, 6.07) is 10.3. The van der Waals surface area contributed by atoms with Gasteiger partial charge in [0.15, 0.2) is 0 Å². The normalized spacial score (nSPS) is 18.4. The van der Waals surface area contributed by atoms with Crippen molar-refractivity contribution in [3.63, 3.8) is 0 Å². The molecule has 1 fully saturated rings. The molecule has 16 heavy (non-hydrogen) atoms. The van der Waals surface area contributed by atoms with E-state index in [1.165, 1.54) is 12.8 Å². The summed E-state index contributed by atoms with van der Waals surface area (Å²) in [4.78, 5) is 4.38. The van der Waals surface area contributed by atoms with Gasteiger partial charge < -0.3 is 10.6 Å². The highest BCUT2D eigenvalue weighted by Crippen LogP contribution is 2.16. The van der Waals surface area contributed by atoms with Gasteiger partial charge in [-0.1, -0.05) is 18.2 Å². The van der Waals surface area contributed by atoms with Crippen molar-refractivity contribution in [3.8, 4) is 0 Å². The lowest BCUT2D eigenvalue weighted by molar-refractivity contribution is 0.456. The summed E-state index contributed by atoms with van der Waals surface area (Å²) < 4.78 is 0. The maximum atomic E-state index is 4.38. The number of hydrogen-bond donors (Lipinski definition) is 2. The van der Waals surface area contributed by atoms with Crippen LogP contribution in [0.1, 0.15) is 12.8 Å². The van der Waals surface area contributed by atoms with Gasteiger partial charge in [0.05, 0.1) is 0 Å². The Morgan fingerprint density at radius 2 is 1.94 bits per heavy atom. The summed E-state index contributed by atoms with van der Waals surface area (Å²) in [6.45, 7) is 2.19. The van der Waals surface area contributed by atoms with Crippen molar-refractivity contribution in [2.45, 2.75) is 12.8 Å². The Bertz CT molecular complexity index is 339. The van der Waals surface area contributed by atoms with Gasteiger partial charge in [0, 0.05) is 18.7 Å². The predicted molar refractivity (Wildman–Crippen MR) is 69.0 cm³/mol. The van der Waals surface area contributed by atoms with E-state index < -0.39 is 0 Å². The number of amidine groups is 1. The summed E-state index contributed by atoms with van der Waals surface area (Å²) >= 11 is 0. The van der Waals surface area contributed by atoms with Crippen molar-refractivity contribution in [3.05, 3.63) is 30.3 Å². The molecule has 1 aromatic rings. The number of anilines is 1. The predicted octanol–water partition coefficient (Wildman–Crippen LogP) is 2.13. The molecular weight excluding hydrogens is 198 g/mol. The molecule has 0 atom stereocenters. The fourth-order valence-electron chi connectivity index (χ4n) is 2.11. The number of aliphatic imine (C=N–C) groups is 1. The van der Waals surface area contributed by atoms with Crippen LogP contribution in [0.5, 0.6) is 0 Å². The molecule has 86 valence electrons. The second-order valence-electron chi connectivity index (χ2n) is 4.12. The van der Waals surface area contributed by atoms with Gasteiger partial charge in [-0.05, 0) is 38.1 Å². The van der Waals surface area contributed by atoms with E-state index in [4.69, 9.17) is 0 Å². The largest absolute Gasteiger partial charge is 0.344 e. The molecule has 1 heterocycles. The molecule has 1 aromatic carbocycles. The van der Waals surface area contributed by atoms with E-state index in [9.17, 15) is 0 Å². The molecule has 1 saturated heterocycles. The van der Waals surface area contributed by atoms with Crippen LogP contribution in [0.2, 0.25) is 0 Å². The van der Waals surface area contributed by atoms with Crippen LogP contribution in [0.3, 0.4) is 0 Å². The fraction of sp³-hybridized carbons (Fsp3) is 0.462. The number of nitrogens with zero attached hydrogens (tertiary/aromatic N) is 1. The average molecular weight is 217 g/mol.